The average Bonchev–Trinajstić information content (AvgIpc) is 2.59. The van der Waals surface area contributed by atoms with Crippen molar-refractivity contribution in [2.24, 2.45) is 16.6 Å². The van der Waals surface area contributed by atoms with Crippen LogP contribution in [0.25, 0.3) is 0 Å². The summed E-state index contributed by atoms with van der Waals surface area (Å²) in [7, 11) is 0. The Balaban J connectivity index is 1.94. The van der Waals surface area contributed by atoms with Crippen LogP contribution in [0.2, 0.25) is 0 Å². The van der Waals surface area contributed by atoms with Crippen LogP contribution in [0.15, 0.2) is 29.3 Å². The number of aliphatic imine (C=N–C) groups is 1. The van der Waals surface area contributed by atoms with Crippen molar-refractivity contribution < 1.29 is 27.4 Å². The predicted octanol–water partition coefficient (Wildman–Crippen LogP) is 3.96. The van der Waals surface area contributed by atoms with Gasteiger partial charge in [-0.3, -0.25) is 4.99 Å². The van der Waals surface area contributed by atoms with E-state index in [0.29, 0.717) is 19.6 Å². The largest absolute Gasteiger partial charge is 0.573 e. The molecule has 7 nitrogen and oxygen atoms in total. The van der Waals surface area contributed by atoms with Crippen molar-refractivity contribution in [2.45, 2.75) is 45.6 Å². The first-order valence-corrected chi connectivity index (χ1v) is 9.32. The number of ether oxygens (including phenoxy) is 2. The van der Waals surface area contributed by atoms with Crippen molar-refractivity contribution in [3.05, 3.63) is 24.3 Å². The van der Waals surface area contributed by atoms with E-state index in [1.165, 1.54) is 18.2 Å². The lowest BCUT2D eigenvalue weighted by molar-refractivity contribution is -0.274. The van der Waals surface area contributed by atoms with Crippen molar-refractivity contribution in [1.82, 2.24) is 4.90 Å². The van der Waals surface area contributed by atoms with Crippen LogP contribution < -0.4 is 15.8 Å². The number of carbonyl (C=O) groups excluding carboxylic acids is 1. The number of halogens is 3. The molecule has 29 heavy (non-hydrogen) atoms. The minimum absolute atomic E-state index is 0.0300. The maximum atomic E-state index is 12.5. The zero-order chi connectivity index (χ0) is 21.7. The van der Waals surface area contributed by atoms with Crippen molar-refractivity contribution in [1.29, 1.82) is 0 Å². The summed E-state index contributed by atoms with van der Waals surface area (Å²) in [4.78, 5) is 18.1. The van der Waals surface area contributed by atoms with Crippen molar-refractivity contribution >= 4 is 17.7 Å². The van der Waals surface area contributed by atoms with Gasteiger partial charge in [0.2, 0.25) is 0 Å². The Morgan fingerprint density at radius 2 is 2.00 bits per heavy atom. The van der Waals surface area contributed by atoms with Gasteiger partial charge in [0.15, 0.2) is 11.7 Å². The fourth-order valence-corrected chi connectivity index (χ4v) is 2.89. The molecule has 0 spiro atoms. The van der Waals surface area contributed by atoms with E-state index in [2.05, 4.69) is 15.0 Å². The van der Waals surface area contributed by atoms with Gasteiger partial charge in [-0.2, -0.15) is 0 Å². The second kappa shape index (κ2) is 9.23. The molecule has 0 radical (unpaired) electrons. The number of amides is 1. The topological polar surface area (TPSA) is 89.2 Å². The van der Waals surface area contributed by atoms with Gasteiger partial charge < -0.3 is 25.4 Å². The van der Waals surface area contributed by atoms with E-state index in [1.54, 1.807) is 11.0 Å². The number of para-hydroxylation sites is 2. The first-order valence-electron chi connectivity index (χ1n) is 9.32. The third-order valence-electron chi connectivity index (χ3n) is 4.07. The number of rotatable bonds is 4. The van der Waals surface area contributed by atoms with Crippen LogP contribution in [-0.4, -0.2) is 48.6 Å². The molecule has 10 heteroatoms. The Bertz CT molecular complexity index is 732. The van der Waals surface area contributed by atoms with Crippen LogP contribution >= 0.6 is 0 Å². The molecule has 1 unspecified atom stereocenters. The summed E-state index contributed by atoms with van der Waals surface area (Å²) in [6, 6.07) is 5.57. The van der Waals surface area contributed by atoms with Gasteiger partial charge in [-0.15, -0.1) is 13.2 Å². The molecule has 1 saturated heterocycles. The molecule has 1 atom stereocenters. The van der Waals surface area contributed by atoms with Gasteiger partial charge in [0.05, 0.1) is 5.69 Å². The molecule has 162 valence electrons. The maximum Gasteiger partial charge on any atom is 0.573 e. The molecular formula is C19H27F3N4O3. The Morgan fingerprint density at radius 1 is 1.31 bits per heavy atom. The lowest BCUT2D eigenvalue weighted by Crippen LogP contribution is -2.43. The number of anilines is 1. The Morgan fingerprint density at radius 3 is 2.66 bits per heavy atom. The Labute approximate surface area is 168 Å². The van der Waals surface area contributed by atoms with Crippen LogP contribution in [0, 0.1) is 5.92 Å². The van der Waals surface area contributed by atoms with E-state index in [9.17, 15) is 18.0 Å². The summed E-state index contributed by atoms with van der Waals surface area (Å²) in [5.41, 5.74) is 5.32. The monoisotopic (exact) mass is 416 g/mol. The Kier molecular flexibility index (Phi) is 7.21. The summed E-state index contributed by atoms with van der Waals surface area (Å²) in [6.45, 7) is 6.86. The standard InChI is InChI=1S/C19H27F3N4O3/c1-18(2,3)29-17(27)26-10-6-7-13(12-26)11-24-16(23)25-14-8-4-5-9-15(14)28-19(20,21)22/h4-5,8-9,13H,6-7,10-12H2,1-3H3,(H3,23,24,25). The summed E-state index contributed by atoms with van der Waals surface area (Å²) in [5.74, 6) is -0.345. The number of piperidine rings is 1. The summed E-state index contributed by atoms with van der Waals surface area (Å²) < 4.78 is 46.9. The van der Waals surface area contributed by atoms with Gasteiger partial charge in [-0.25, -0.2) is 4.79 Å². The fraction of sp³-hybridized carbons (Fsp3) is 0.579. The molecule has 0 saturated carbocycles. The highest BCUT2D eigenvalue weighted by Crippen LogP contribution is 2.29. The highest BCUT2D eigenvalue weighted by Gasteiger charge is 2.32. The number of alkyl halides is 3. The van der Waals surface area contributed by atoms with Gasteiger partial charge in [0.25, 0.3) is 0 Å². The van der Waals surface area contributed by atoms with Crippen molar-refractivity contribution in [3.8, 4) is 5.75 Å². The molecule has 1 amide bonds. The maximum absolute atomic E-state index is 12.5. The van der Waals surface area contributed by atoms with E-state index >= 15 is 0 Å². The number of carbonyl (C=O) groups is 1. The SMILES string of the molecule is CC(C)(C)OC(=O)N1CCCC(CN=C(N)Nc2ccccc2OC(F)(F)F)C1. The number of likely N-dealkylation sites (tertiary alicyclic amines) is 1. The van der Waals surface area contributed by atoms with Crippen LogP contribution in [0.5, 0.6) is 5.75 Å². The first kappa shape index (κ1) is 22.6. The van der Waals surface area contributed by atoms with Crippen LogP contribution in [0.1, 0.15) is 33.6 Å². The van der Waals surface area contributed by atoms with E-state index < -0.39 is 17.7 Å². The van der Waals surface area contributed by atoms with Crippen molar-refractivity contribution in [2.75, 3.05) is 25.0 Å². The zero-order valence-corrected chi connectivity index (χ0v) is 16.8. The van der Waals surface area contributed by atoms with Crippen molar-refractivity contribution in [3.63, 3.8) is 0 Å². The molecule has 0 aromatic heterocycles. The second-order valence-corrected chi connectivity index (χ2v) is 7.83. The smallest absolute Gasteiger partial charge is 0.444 e. The summed E-state index contributed by atoms with van der Waals surface area (Å²) in [5, 5.41) is 2.64. The predicted molar refractivity (Wildman–Crippen MR) is 104 cm³/mol. The summed E-state index contributed by atoms with van der Waals surface area (Å²) >= 11 is 0. The lowest BCUT2D eigenvalue weighted by atomic mass is 9.98. The molecule has 1 aliphatic heterocycles. The molecule has 0 aliphatic carbocycles. The van der Waals surface area contributed by atoms with Gasteiger partial charge in [-0.05, 0) is 51.7 Å². The van der Waals surface area contributed by atoms with Crippen LogP contribution in [0.3, 0.4) is 0 Å². The number of hydrogen-bond acceptors (Lipinski definition) is 4. The number of guanidine groups is 1. The van der Waals surface area contributed by atoms with E-state index in [-0.39, 0.29) is 23.7 Å². The molecule has 0 bridgehead atoms. The third-order valence-corrected chi connectivity index (χ3v) is 4.07. The van der Waals surface area contributed by atoms with Crippen LogP contribution in [-0.2, 0) is 4.74 Å². The van der Waals surface area contributed by atoms with Gasteiger partial charge in [-0.1, -0.05) is 12.1 Å². The quantitative estimate of drug-likeness (QED) is 0.573. The number of nitrogens with one attached hydrogen (secondary N) is 1. The van der Waals surface area contributed by atoms with E-state index in [4.69, 9.17) is 10.5 Å². The first-order chi connectivity index (χ1) is 13.4. The summed E-state index contributed by atoms with van der Waals surface area (Å²) in [6.07, 6.45) is -3.49. The van der Waals surface area contributed by atoms with Gasteiger partial charge in [0.1, 0.15) is 5.60 Å². The normalized spacial score (nSPS) is 18.3. The minimum Gasteiger partial charge on any atom is -0.444 e. The fourth-order valence-electron chi connectivity index (χ4n) is 2.89. The van der Waals surface area contributed by atoms with Gasteiger partial charge in [0, 0.05) is 19.6 Å². The van der Waals surface area contributed by atoms with Crippen LogP contribution in [0.4, 0.5) is 23.7 Å². The molecule has 2 rings (SSSR count). The lowest BCUT2D eigenvalue weighted by Gasteiger charge is -2.33. The number of benzene rings is 1. The Hall–Kier alpha value is -2.65. The minimum atomic E-state index is -4.81. The van der Waals surface area contributed by atoms with Gasteiger partial charge >= 0.3 is 12.5 Å². The molecule has 1 heterocycles. The van der Waals surface area contributed by atoms with E-state index in [1.807, 2.05) is 20.8 Å². The third kappa shape index (κ3) is 8.08. The van der Waals surface area contributed by atoms with E-state index in [0.717, 1.165) is 12.8 Å². The highest BCUT2D eigenvalue weighted by atomic mass is 19.4. The molecule has 1 fully saturated rings. The second-order valence-electron chi connectivity index (χ2n) is 7.83. The molecular weight excluding hydrogens is 389 g/mol. The molecule has 1 aromatic carbocycles. The zero-order valence-electron chi connectivity index (χ0n) is 16.8. The molecule has 1 aromatic rings. The highest BCUT2D eigenvalue weighted by molar-refractivity contribution is 5.93. The number of nitrogens with zero attached hydrogens (tertiary/aromatic N) is 2. The molecule has 3 N–H and O–H groups in total. The number of nitrogens with two attached hydrogens (primary N) is 1. The average molecular weight is 416 g/mol. The number of hydrogen-bond donors (Lipinski definition) is 2. The molecule has 1 aliphatic rings.